The maximum Gasteiger partial charge on any atom is 0.355 e. The second kappa shape index (κ2) is 9.43. The molecule has 2 aromatic rings. The number of carbonyl (C=O) groups excluding carboxylic acids is 3. The van der Waals surface area contributed by atoms with Crippen molar-refractivity contribution in [3.63, 3.8) is 0 Å². The summed E-state index contributed by atoms with van der Waals surface area (Å²) in [5.41, 5.74) is 4.49. The van der Waals surface area contributed by atoms with Gasteiger partial charge in [0.25, 0.3) is 0 Å². The van der Waals surface area contributed by atoms with E-state index in [1.54, 1.807) is 0 Å². The first-order valence-electron chi connectivity index (χ1n) is 9.86. The van der Waals surface area contributed by atoms with Crippen molar-refractivity contribution in [3.05, 3.63) is 70.1 Å². The van der Waals surface area contributed by atoms with Crippen molar-refractivity contribution in [2.24, 2.45) is 0 Å². The van der Waals surface area contributed by atoms with Gasteiger partial charge in [-0.25, -0.2) is 4.79 Å². The summed E-state index contributed by atoms with van der Waals surface area (Å²) in [7, 11) is 1.33. The number of carbonyl (C=O) groups is 3. The van der Waals surface area contributed by atoms with Gasteiger partial charge in [0.15, 0.2) is 0 Å². The Labute approximate surface area is 175 Å². The van der Waals surface area contributed by atoms with Crippen LogP contribution in [0.5, 0.6) is 0 Å². The fourth-order valence-corrected chi connectivity index (χ4v) is 3.55. The topological polar surface area (TPSA) is 97.5 Å². The molecule has 158 valence electrons. The van der Waals surface area contributed by atoms with Crippen molar-refractivity contribution < 1.29 is 23.9 Å². The summed E-state index contributed by atoms with van der Waals surface area (Å²) in [6.07, 6.45) is 1.04. The van der Waals surface area contributed by atoms with Crippen molar-refractivity contribution in [3.8, 4) is 0 Å². The van der Waals surface area contributed by atoms with E-state index in [-0.39, 0.29) is 30.9 Å². The standard InChI is InChI=1S/C23H26N2O5/c1-14-11-17(24-21(14)23(28)30-13-16-7-5-4-6-8-16)12-19-15(2)18(22(27)25-19)9-10-20(26)29-3/h4-8,11,19,24H,9-10,12-13H2,1-3H3,(H,25,27). The van der Waals surface area contributed by atoms with Crippen LogP contribution < -0.4 is 5.32 Å². The van der Waals surface area contributed by atoms with Gasteiger partial charge in [0.05, 0.1) is 13.2 Å². The van der Waals surface area contributed by atoms with Crippen molar-refractivity contribution in [2.45, 2.75) is 45.8 Å². The third-order valence-electron chi connectivity index (χ3n) is 5.30. The summed E-state index contributed by atoms with van der Waals surface area (Å²) in [5.74, 6) is -0.915. The van der Waals surface area contributed by atoms with Gasteiger partial charge in [-0.15, -0.1) is 0 Å². The minimum absolute atomic E-state index is 0.160. The number of hydrogen-bond acceptors (Lipinski definition) is 5. The molecule has 1 unspecified atom stereocenters. The molecule has 30 heavy (non-hydrogen) atoms. The Bertz CT molecular complexity index is 975. The van der Waals surface area contributed by atoms with E-state index in [1.807, 2.05) is 50.2 Å². The maximum absolute atomic E-state index is 12.5. The first-order valence-corrected chi connectivity index (χ1v) is 9.86. The Morgan fingerprint density at radius 3 is 2.57 bits per heavy atom. The number of H-pyrrole nitrogens is 1. The molecule has 7 nitrogen and oxygen atoms in total. The Morgan fingerprint density at radius 1 is 1.13 bits per heavy atom. The summed E-state index contributed by atoms with van der Waals surface area (Å²) < 4.78 is 10.1. The summed E-state index contributed by atoms with van der Waals surface area (Å²) in [6, 6.07) is 11.2. The van der Waals surface area contributed by atoms with Gasteiger partial charge in [-0.2, -0.15) is 0 Å². The van der Waals surface area contributed by atoms with Crippen molar-refractivity contribution in [1.82, 2.24) is 10.3 Å². The summed E-state index contributed by atoms with van der Waals surface area (Å²) in [4.78, 5) is 39.2. The number of rotatable bonds is 8. The van der Waals surface area contributed by atoms with E-state index < -0.39 is 5.97 Å². The fraction of sp³-hybridized carbons (Fsp3) is 0.348. The van der Waals surface area contributed by atoms with Crippen LogP contribution in [-0.4, -0.2) is 36.0 Å². The van der Waals surface area contributed by atoms with E-state index in [4.69, 9.17) is 4.74 Å². The molecular formula is C23H26N2O5. The molecule has 1 aliphatic rings. The molecular weight excluding hydrogens is 384 g/mol. The number of methoxy groups -OCH3 is 1. The second-order valence-electron chi connectivity index (χ2n) is 7.38. The lowest BCUT2D eigenvalue weighted by molar-refractivity contribution is -0.140. The summed E-state index contributed by atoms with van der Waals surface area (Å²) in [6.45, 7) is 3.94. The highest BCUT2D eigenvalue weighted by molar-refractivity contribution is 5.98. The van der Waals surface area contributed by atoms with Gasteiger partial charge >= 0.3 is 11.9 Å². The van der Waals surface area contributed by atoms with E-state index in [1.165, 1.54) is 7.11 Å². The molecule has 3 rings (SSSR count). The molecule has 7 heteroatoms. The van der Waals surface area contributed by atoms with E-state index in [9.17, 15) is 14.4 Å². The maximum atomic E-state index is 12.5. The van der Waals surface area contributed by atoms with E-state index in [2.05, 4.69) is 15.0 Å². The van der Waals surface area contributed by atoms with Gasteiger partial charge in [-0.1, -0.05) is 30.3 Å². The van der Waals surface area contributed by atoms with Gasteiger partial charge in [0.1, 0.15) is 12.3 Å². The number of nitrogens with one attached hydrogen (secondary N) is 2. The molecule has 0 bridgehead atoms. The SMILES string of the molecule is COC(=O)CCC1=C(C)C(Cc2cc(C)c(C(=O)OCc3ccccc3)[nH]2)NC1=O. The number of hydrogen-bond donors (Lipinski definition) is 2. The average Bonchev–Trinajstić information content (AvgIpc) is 3.24. The molecule has 2 N–H and O–H groups in total. The predicted octanol–water partition coefficient (Wildman–Crippen LogP) is 2.99. The Balaban J connectivity index is 1.63. The monoisotopic (exact) mass is 410 g/mol. The van der Waals surface area contributed by atoms with E-state index in [0.29, 0.717) is 24.1 Å². The van der Waals surface area contributed by atoms with Crippen LogP contribution in [0.2, 0.25) is 0 Å². The van der Waals surface area contributed by atoms with Gasteiger partial charge in [0.2, 0.25) is 5.91 Å². The highest BCUT2D eigenvalue weighted by Crippen LogP contribution is 2.24. The predicted molar refractivity (Wildman–Crippen MR) is 111 cm³/mol. The molecule has 0 radical (unpaired) electrons. The molecule has 1 aliphatic heterocycles. The second-order valence-corrected chi connectivity index (χ2v) is 7.38. The Kier molecular flexibility index (Phi) is 6.72. The van der Waals surface area contributed by atoms with Gasteiger partial charge in [-0.05, 0) is 43.0 Å². The van der Waals surface area contributed by atoms with Crippen LogP contribution >= 0.6 is 0 Å². The molecule has 2 heterocycles. The number of amides is 1. The number of benzene rings is 1. The van der Waals surface area contributed by atoms with Gasteiger partial charge in [-0.3, -0.25) is 9.59 Å². The minimum Gasteiger partial charge on any atom is -0.469 e. The van der Waals surface area contributed by atoms with Crippen molar-refractivity contribution >= 4 is 17.8 Å². The molecule has 0 saturated heterocycles. The highest BCUT2D eigenvalue weighted by atomic mass is 16.5. The fourth-order valence-electron chi connectivity index (χ4n) is 3.55. The summed E-state index contributed by atoms with van der Waals surface area (Å²) in [5, 5.41) is 2.95. The van der Waals surface area contributed by atoms with Crippen LogP contribution in [0.1, 0.15) is 47.1 Å². The lowest BCUT2D eigenvalue weighted by atomic mass is 10.00. The van der Waals surface area contributed by atoms with Gasteiger partial charge in [0, 0.05) is 24.1 Å². The van der Waals surface area contributed by atoms with Crippen LogP contribution in [0.25, 0.3) is 0 Å². The number of aromatic amines is 1. The van der Waals surface area contributed by atoms with Crippen molar-refractivity contribution in [1.29, 1.82) is 0 Å². The van der Waals surface area contributed by atoms with Crippen molar-refractivity contribution in [2.75, 3.05) is 7.11 Å². The quantitative estimate of drug-likeness (QED) is 0.652. The molecule has 1 aromatic heterocycles. The first-order chi connectivity index (χ1) is 14.4. The zero-order valence-electron chi connectivity index (χ0n) is 17.4. The largest absolute Gasteiger partial charge is 0.469 e. The molecule has 0 fully saturated rings. The van der Waals surface area contributed by atoms with Crippen LogP contribution in [0.3, 0.4) is 0 Å². The van der Waals surface area contributed by atoms with Crippen LogP contribution in [-0.2, 0) is 32.1 Å². The number of ether oxygens (including phenoxy) is 2. The Morgan fingerprint density at radius 2 is 1.87 bits per heavy atom. The van der Waals surface area contributed by atoms with E-state index >= 15 is 0 Å². The van der Waals surface area contributed by atoms with E-state index in [0.717, 1.165) is 22.4 Å². The Hall–Kier alpha value is -3.35. The highest BCUT2D eigenvalue weighted by Gasteiger charge is 2.29. The minimum atomic E-state index is -0.413. The average molecular weight is 410 g/mol. The lowest BCUT2D eigenvalue weighted by Gasteiger charge is -2.11. The molecule has 0 aliphatic carbocycles. The van der Waals surface area contributed by atoms with Crippen LogP contribution in [0.4, 0.5) is 0 Å². The molecule has 0 saturated carbocycles. The van der Waals surface area contributed by atoms with Crippen LogP contribution in [0, 0.1) is 6.92 Å². The first kappa shape index (κ1) is 21.4. The van der Waals surface area contributed by atoms with Gasteiger partial charge < -0.3 is 19.8 Å². The number of aromatic nitrogens is 1. The molecule has 1 aromatic carbocycles. The number of aryl methyl sites for hydroxylation is 1. The third kappa shape index (κ3) is 4.97. The normalized spacial score (nSPS) is 15.8. The number of esters is 2. The zero-order valence-corrected chi connectivity index (χ0v) is 17.4. The molecule has 1 amide bonds. The zero-order chi connectivity index (χ0) is 21.7. The summed E-state index contributed by atoms with van der Waals surface area (Å²) >= 11 is 0. The van der Waals surface area contributed by atoms with Crippen LogP contribution in [0.15, 0.2) is 47.5 Å². The third-order valence-corrected chi connectivity index (χ3v) is 5.30. The molecule has 0 spiro atoms. The smallest absolute Gasteiger partial charge is 0.355 e. The molecule has 1 atom stereocenters. The lowest BCUT2D eigenvalue weighted by Crippen LogP contribution is -2.30.